The molecule has 1 aromatic rings. The average molecular weight is 275 g/mol. The maximum Gasteiger partial charge on any atom is 0.216 e. The Kier molecular flexibility index (Phi) is 4.75. The molecule has 6 nitrogen and oxygen atoms in total. The molecule has 104 valence electrons. The van der Waals surface area contributed by atoms with Crippen LogP contribution in [0.1, 0.15) is 18.2 Å². The zero-order valence-corrected chi connectivity index (χ0v) is 12.3. The van der Waals surface area contributed by atoms with Gasteiger partial charge in [-0.15, -0.1) is 0 Å². The maximum absolute atomic E-state index is 11.2. The van der Waals surface area contributed by atoms with Gasteiger partial charge in [0.05, 0.1) is 24.1 Å². The number of methoxy groups -OCH3 is 1. The molecule has 0 spiro atoms. The lowest BCUT2D eigenvalue weighted by molar-refractivity contribution is 0.367. The van der Waals surface area contributed by atoms with Gasteiger partial charge in [-0.25, -0.2) is 13.1 Å². The molecule has 1 atom stereocenters. The van der Waals surface area contributed by atoms with E-state index in [9.17, 15) is 8.42 Å². The molecule has 1 rings (SSSR count). The predicted molar refractivity (Wildman–Crippen MR) is 70.5 cm³/mol. The van der Waals surface area contributed by atoms with E-state index in [-0.39, 0.29) is 11.8 Å². The van der Waals surface area contributed by atoms with Crippen LogP contribution in [0.5, 0.6) is 5.88 Å². The summed E-state index contributed by atoms with van der Waals surface area (Å²) in [6.45, 7) is 4.29. The van der Waals surface area contributed by atoms with Crippen molar-refractivity contribution in [3.63, 3.8) is 0 Å². The number of nitrogens with zero attached hydrogens (tertiary/aromatic N) is 2. The molecule has 0 saturated carbocycles. The third-order valence-electron chi connectivity index (χ3n) is 2.66. The Morgan fingerprint density at radius 1 is 1.50 bits per heavy atom. The van der Waals surface area contributed by atoms with Crippen LogP contribution in [-0.4, -0.2) is 43.4 Å². The minimum atomic E-state index is -2.96. The van der Waals surface area contributed by atoms with Gasteiger partial charge in [-0.1, -0.05) is 0 Å². The smallest absolute Gasteiger partial charge is 0.216 e. The van der Waals surface area contributed by atoms with Gasteiger partial charge < -0.3 is 10.1 Å². The van der Waals surface area contributed by atoms with E-state index in [0.717, 1.165) is 11.3 Å². The Morgan fingerprint density at radius 3 is 2.61 bits per heavy atom. The summed E-state index contributed by atoms with van der Waals surface area (Å²) in [5.74, 6) is 0.820. The summed E-state index contributed by atoms with van der Waals surface area (Å²) < 4.78 is 29.3. The van der Waals surface area contributed by atoms with Crippen LogP contribution in [0.25, 0.3) is 0 Å². The number of hydrogen-bond donors (Lipinski definition) is 1. The average Bonchev–Trinajstić information content (AvgIpc) is 2.47. The highest BCUT2D eigenvalue weighted by Crippen LogP contribution is 2.20. The van der Waals surface area contributed by atoms with E-state index in [0.29, 0.717) is 12.4 Å². The molecule has 0 aliphatic heterocycles. The van der Waals surface area contributed by atoms with Crippen LogP contribution in [0, 0.1) is 6.92 Å². The summed E-state index contributed by atoms with van der Waals surface area (Å²) in [7, 11) is 0.449. The van der Waals surface area contributed by atoms with Crippen molar-refractivity contribution in [2.24, 2.45) is 7.05 Å². The van der Waals surface area contributed by atoms with Crippen molar-refractivity contribution in [1.29, 1.82) is 0 Å². The van der Waals surface area contributed by atoms with E-state index >= 15 is 0 Å². The molecule has 0 aliphatic rings. The van der Waals surface area contributed by atoms with E-state index in [1.807, 2.05) is 20.9 Å². The second-order valence-electron chi connectivity index (χ2n) is 4.57. The van der Waals surface area contributed by atoms with Crippen LogP contribution >= 0.6 is 0 Å². The summed E-state index contributed by atoms with van der Waals surface area (Å²) in [6.07, 6.45) is 1.24. The van der Waals surface area contributed by atoms with Crippen LogP contribution in [0.4, 0.5) is 0 Å². The van der Waals surface area contributed by atoms with Gasteiger partial charge in [-0.05, 0) is 13.8 Å². The second kappa shape index (κ2) is 5.71. The SMILES string of the molecule is COc1c(CNC(C)CS(C)(=O)=O)c(C)nn1C. The number of nitrogens with one attached hydrogen (secondary N) is 1. The molecule has 0 saturated heterocycles. The van der Waals surface area contributed by atoms with Gasteiger partial charge in [0.15, 0.2) is 0 Å². The lowest BCUT2D eigenvalue weighted by Crippen LogP contribution is -2.32. The van der Waals surface area contributed by atoms with E-state index in [1.165, 1.54) is 6.26 Å². The fourth-order valence-corrected chi connectivity index (χ4v) is 2.96. The number of ether oxygens (including phenoxy) is 1. The van der Waals surface area contributed by atoms with Gasteiger partial charge in [0.2, 0.25) is 5.88 Å². The molecule has 18 heavy (non-hydrogen) atoms. The molecule has 1 N–H and O–H groups in total. The van der Waals surface area contributed by atoms with Crippen molar-refractivity contribution < 1.29 is 13.2 Å². The Hall–Kier alpha value is -1.08. The summed E-state index contributed by atoms with van der Waals surface area (Å²) in [4.78, 5) is 0. The second-order valence-corrected chi connectivity index (χ2v) is 6.76. The van der Waals surface area contributed by atoms with Crippen LogP contribution in [0.3, 0.4) is 0 Å². The van der Waals surface area contributed by atoms with Crippen LogP contribution in [0.2, 0.25) is 0 Å². The first kappa shape index (κ1) is 15.0. The Labute approximate surface area is 108 Å². The van der Waals surface area contributed by atoms with Gasteiger partial charge in [0.1, 0.15) is 9.84 Å². The van der Waals surface area contributed by atoms with E-state index in [1.54, 1.807) is 11.8 Å². The molecule has 0 radical (unpaired) electrons. The van der Waals surface area contributed by atoms with Gasteiger partial charge in [-0.3, -0.25) is 0 Å². The third-order valence-corrected chi connectivity index (χ3v) is 3.77. The van der Waals surface area contributed by atoms with Crippen LogP contribution < -0.4 is 10.1 Å². The van der Waals surface area contributed by atoms with E-state index < -0.39 is 9.84 Å². The number of aromatic nitrogens is 2. The zero-order chi connectivity index (χ0) is 13.9. The minimum Gasteiger partial charge on any atom is -0.481 e. The Balaban J connectivity index is 2.69. The van der Waals surface area contributed by atoms with Gasteiger partial charge in [0.25, 0.3) is 0 Å². The first-order chi connectivity index (χ1) is 8.24. The number of aryl methyl sites for hydroxylation is 2. The zero-order valence-electron chi connectivity index (χ0n) is 11.5. The maximum atomic E-state index is 11.2. The largest absolute Gasteiger partial charge is 0.481 e. The van der Waals surface area contributed by atoms with Crippen molar-refractivity contribution in [1.82, 2.24) is 15.1 Å². The van der Waals surface area contributed by atoms with E-state index in [2.05, 4.69) is 10.4 Å². The Bertz CT molecular complexity index is 508. The van der Waals surface area contributed by atoms with E-state index in [4.69, 9.17) is 4.74 Å². The molecule has 1 aromatic heterocycles. The van der Waals surface area contributed by atoms with Crippen molar-refractivity contribution in [2.75, 3.05) is 19.1 Å². The lowest BCUT2D eigenvalue weighted by Gasteiger charge is -2.13. The summed E-state index contributed by atoms with van der Waals surface area (Å²) in [5.41, 5.74) is 1.84. The molecular formula is C11H21N3O3S. The summed E-state index contributed by atoms with van der Waals surface area (Å²) in [6, 6.07) is -0.107. The summed E-state index contributed by atoms with van der Waals surface area (Å²) in [5, 5.41) is 7.44. The van der Waals surface area contributed by atoms with Crippen LogP contribution in [-0.2, 0) is 23.4 Å². The summed E-state index contributed by atoms with van der Waals surface area (Å²) >= 11 is 0. The molecule has 0 fully saturated rings. The molecule has 0 amide bonds. The fraction of sp³-hybridized carbons (Fsp3) is 0.727. The topological polar surface area (TPSA) is 73.2 Å². The number of hydrogen-bond acceptors (Lipinski definition) is 5. The van der Waals surface area contributed by atoms with Gasteiger partial charge >= 0.3 is 0 Å². The molecule has 0 aromatic carbocycles. The number of sulfone groups is 1. The van der Waals surface area contributed by atoms with Gasteiger partial charge in [-0.2, -0.15) is 5.10 Å². The molecule has 0 aliphatic carbocycles. The molecule has 7 heteroatoms. The van der Waals surface area contributed by atoms with Crippen molar-refractivity contribution in [3.05, 3.63) is 11.3 Å². The Morgan fingerprint density at radius 2 is 2.11 bits per heavy atom. The highest BCUT2D eigenvalue weighted by atomic mass is 32.2. The minimum absolute atomic E-state index is 0.107. The van der Waals surface area contributed by atoms with Crippen molar-refractivity contribution in [3.8, 4) is 5.88 Å². The standard InChI is InChI=1S/C11H21N3O3S/c1-8(7-18(5,15)16)12-6-10-9(2)13-14(3)11(10)17-4/h8,12H,6-7H2,1-5H3. The highest BCUT2D eigenvalue weighted by Gasteiger charge is 2.16. The third kappa shape index (κ3) is 3.99. The highest BCUT2D eigenvalue weighted by molar-refractivity contribution is 7.90. The quantitative estimate of drug-likeness (QED) is 0.806. The van der Waals surface area contributed by atoms with Crippen LogP contribution in [0.15, 0.2) is 0 Å². The molecular weight excluding hydrogens is 254 g/mol. The number of rotatable bonds is 6. The molecule has 0 bridgehead atoms. The van der Waals surface area contributed by atoms with Crippen molar-refractivity contribution >= 4 is 9.84 Å². The van der Waals surface area contributed by atoms with Gasteiger partial charge in [0, 0.05) is 25.9 Å². The van der Waals surface area contributed by atoms with Crippen molar-refractivity contribution in [2.45, 2.75) is 26.4 Å². The lowest BCUT2D eigenvalue weighted by atomic mass is 10.2. The fourth-order valence-electron chi connectivity index (χ4n) is 1.93. The molecule has 1 unspecified atom stereocenters. The predicted octanol–water partition coefficient (Wildman–Crippen LogP) is 0.260. The monoisotopic (exact) mass is 275 g/mol. The molecule has 1 heterocycles. The first-order valence-electron chi connectivity index (χ1n) is 5.72. The first-order valence-corrected chi connectivity index (χ1v) is 7.78. The normalized spacial score (nSPS) is 13.6.